The molecule has 1 fully saturated rings. The minimum atomic E-state index is 0. The molecule has 1 rings (SSSR count). The summed E-state index contributed by atoms with van der Waals surface area (Å²) in [6.45, 7) is 0. The fourth-order valence-corrected chi connectivity index (χ4v) is 0.808. The summed E-state index contributed by atoms with van der Waals surface area (Å²) in [6, 6.07) is 0. The topological polar surface area (TPSA) is 34.1 Å². The van der Waals surface area contributed by atoms with E-state index in [1.54, 1.807) is 0 Å². The summed E-state index contributed by atoms with van der Waals surface area (Å²) in [5, 5.41) is 0. The second-order valence-electron chi connectivity index (χ2n) is 2.08. The Hall–Kier alpha value is -0.660. The summed E-state index contributed by atoms with van der Waals surface area (Å²) in [6.07, 6.45) is 1.94. The molecule has 0 bridgehead atoms. The van der Waals surface area contributed by atoms with Crippen LogP contribution in [0.2, 0.25) is 0 Å². The van der Waals surface area contributed by atoms with Crippen molar-refractivity contribution in [2.24, 2.45) is 0 Å². The zero-order chi connectivity index (χ0) is 5.98. The van der Waals surface area contributed by atoms with Gasteiger partial charge in [-0.25, -0.2) is 0 Å². The lowest BCUT2D eigenvalue weighted by Gasteiger charge is -2.04. The van der Waals surface area contributed by atoms with Gasteiger partial charge in [-0.3, -0.25) is 9.59 Å². The maximum absolute atomic E-state index is 10.5. The lowest BCUT2D eigenvalue weighted by molar-refractivity contribution is -0.128. The first-order chi connectivity index (χ1) is 3.79. The van der Waals surface area contributed by atoms with Gasteiger partial charge in [0.15, 0.2) is 0 Å². The third-order valence-corrected chi connectivity index (χ3v) is 1.37. The molecule has 0 heterocycles. The average Bonchev–Trinajstić information content (AvgIpc) is 1.77. The van der Waals surface area contributed by atoms with E-state index in [4.69, 9.17) is 0 Å². The number of carbonyl (C=O) groups is 2. The van der Waals surface area contributed by atoms with E-state index in [1.807, 2.05) is 0 Å². The average molecular weight is 136 g/mol. The Kier molecular flexibility index (Phi) is 6.21. The summed E-state index contributed by atoms with van der Waals surface area (Å²) >= 11 is 0. The van der Waals surface area contributed by atoms with Gasteiger partial charge >= 0.3 is 0 Å². The Morgan fingerprint density at radius 3 is 1.10 bits per heavy atom. The smallest absolute Gasteiger partial charge is 0.133 e. The van der Waals surface area contributed by atoms with Crippen LogP contribution in [0.3, 0.4) is 0 Å². The van der Waals surface area contributed by atoms with Gasteiger partial charge < -0.3 is 0 Å². The summed E-state index contributed by atoms with van der Waals surface area (Å²) in [4.78, 5) is 20.9. The van der Waals surface area contributed by atoms with Crippen LogP contribution in [-0.2, 0) is 9.59 Å². The first-order valence-electron chi connectivity index (χ1n) is 2.82. The Bertz CT molecular complexity index is 99.2. The molecule has 0 aliphatic heterocycles. The lowest BCUT2D eigenvalue weighted by atomic mass is 9.98. The van der Waals surface area contributed by atoms with Crippen LogP contribution in [0.1, 0.15) is 25.7 Å². The van der Waals surface area contributed by atoms with Gasteiger partial charge in [-0.1, -0.05) is 0 Å². The quantitative estimate of drug-likeness (QED) is 0.495. The van der Waals surface area contributed by atoms with Gasteiger partial charge in [-0.2, -0.15) is 0 Å². The molecular weight excluding hydrogens is 128 g/mol. The van der Waals surface area contributed by atoms with Crippen LogP contribution in [0.4, 0.5) is 0 Å². The summed E-state index contributed by atoms with van der Waals surface area (Å²) in [5.74, 6) is 0.481. The third-order valence-electron chi connectivity index (χ3n) is 1.37. The van der Waals surface area contributed by atoms with E-state index in [9.17, 15) is 9.59 Å². The Balaban J connectivity index is 0. The molecule has 1 aliphatic rings. The summed E-state index contributed by atoms with van der Waals surface area (Å²) < 4.78 is 0. The van der Waals surface area contributed by atoms with Crippen LogP contribution in [0, 0.1) is 14.9 Å². The fourth-order valence-electron chi connectivity index (χ4n) is 0.808. The maximum Gasteiger partial charge on any atom is 0.133 e. The highest BCUT2D eigenvalue weighted by molar-refractivity contribution is 5.92. The zero-order valence-corrected chi connectivity index (χ0v) is 5.64. The number of ketones is 2. The van der Waals surface area contributed by atoms with E-state index >= 15 is 0 Å². The Morgan fingerprint density at radius 2 is 0.900 bits per heavy atom. The predicted molar refractivity (Wildman–Crippen MR) is 35.0 cm³/mol. The second kappa shape index (κ2) is 5.15. The number of carbonyl (C=O) groups excluding carboxylic acids is 2. The van der Waals surface area contributed by atoms with E-state index < -0.39 is 0 Å². The van der Waals surface area contributed by atoms with Crippen LogP contribution in [0.25, 0.3) is 0 Å². The maximum atomic E-state index is 10.5. The number of Topliss-reactive ketones (excluding diaryl/α,β-unsaturated/α-hetero) is 2. The summed E-state index contributed by atoms with van der Waals surface area (Å²) in [7, 11) is 0. The van der Waals surface area contributed by atoms with Crippen molar-refractivity contribution in [3.8, 4) is 0 Å². The van der Waals surface area contributed by atoms with Crippen LogP contribution >= 0.6 is 0 Å². The molecule has 8 radical (unpaired) electrons. The monoisotopic (exact) mass is 136 g/mol. The first-order valence-corrected chi connectivity index (χ1v) is 2.82. The largest absolute Gasteiger partial charge is 0.300 e. The van der Waals surface area contributed by atoms with Crippen LogP contribution in [-0.4, -0.2) is 11.6 Å². The minimum Gasteiger partial charge on any atom is -0.300 e. The van der Waals surface area contributed by atoms with Crippen molar-refractivity contribution in [2.45, 2.75) is 25.7 Å². The normalized spacial score (nSPS) is 17.2. The number of hydrogen-bond acceptors (Lipinski definition) is 2. The van der Waals surface area contributed by atoms with E-state index in [0.717, 1.165) is 0 Å². The molecule has 0 unspecified atom stereocenters. The van der Waals surface area contributed by atoms with Gasteiger partial charge in [0.2, 0.25) is 0 Å². The Morgan fingerprint density at radius 1 is 0.700 bits per heavy atom. The van der Waals surface area contributed by atoms with Crippen LogP contribution in [0.5, 0.6) is 0 Å². The van der Waals surface area contributed by atoms with Crippen molar-refractivity contribution in [3.05, 3.63) is 14.9 Å². The Labute approximate surface area is 62.6 Å². The van der Waals surface area contributed by atoms with Crippen molar-refractivity contribution >= 4 is 11.6 Å². The van der Waals surface area contributed by atoms with E-state index in [2.05, 4.69) is 0 Å². The van der Waals surface area contributed by atoms with Crippen LogP contribution < -0.4 is 0 Å². The molecule has 10 heavy (non-hydrogen) atoms. The van der Waals surface area contributed by atoms with Gasteiger partial charge in [-0.05, 0) is 0 Å². The fraction of sp³-hybridized carbons (Fsp3) is 0.500. The number of rotatable bonds is 0. The molecule has 0 N–H and O–H groups in total. The third kappa shape index (κ3) is 3.38. The predicted octanol–water partition coefficient (Wildman–Crippen LogP) is 0.861. The van der Waals surface area contributed by atoms with E-state index in [0.29, 0.717) is 25.7 Å². The molecule has 0 aromatic carbocycles. The van der Waals surface area contributed by atoms with Gasteiger partial charge in [0.1, 0.15) is 11.6 Å². The van der Waals surface area contributed by atoms with Crippen LogP contribution in [0.15, 0.2) is 0 Å². The standard InChI is InChI=1S/C6H8O2.2C/c7-5-1-2-6(8)4-3-5;;/h1-4H2;;. The van der Waals surface area contributed by atoms with E-state index in [-0.39, 0.29) is 26.4 Å². The minimum absolute atomic E-state index is 0. The molecular formula is C8H8O2. The van der Waals surface area contributed by atoms with Crippen molar-refractivity contribution < 1.29 is 9.59 Å². The van der Waals surface area contributed by atoms with Gasteiger partial charge in [0.25, 0.3) is 0 Å². The van der Waals surface area contributed by atoms with Gasteiger partial charge in [0, 0.05) is 40.5 Å². The molecule has 0 amide bonds. The van der Waals surface area contributed by atoms with Crippen molar-refractivity contribution in [1.82, 2.24) is 0 Å². The SMILES string of the molecule is O=C1CCC(=O)CC1.[C].[C]. The molecule has 2 nitrogen and oxygen atoms in total. The van der Waals surface area contributed by atoms with Crippen molar-refractivity contribution in [1.29, 1.82) is 0 Å². The molecule has 1 aliphatic carbocycles. The lowest BCUT2D eigenvalue weighted by Crippen LogP contribution is -2.12. The molecule has 2 heteroatoms. The van der Waals surface area contributed by atoms with E-state index in [1.165, 1.54) is 0 Å². The first kappa shape index (κ1) is 12.1. The zero-order valence-electron chi connectivity index (χ0n) is 5.64. The van der Waals surface area contributed by atoms with Gasteiger partial charge in [-0.15, -0.1) is 0 Å². The second-order valence-corrected chi connectivity index (χ2v) is 2.08. The van der Waals surface area contributed by atoms with Gasteiger partial charge in [0.05, 0.1) is 0 Å². The molecule has 0 aromatic heterocycles. The molecule has 52 valence electrons. The number of hydrogen-bond donors (Lipinski definition) is 0. The molecule has 0 atom stereocenters. The van der Waals surface area contributed by atoms with Crippen molar-refractivity contribution in [2.75, 3.05) is 0 Å². The highest BCUT2D eigenvalue weighted by atomic mass is 16.1. The highest BCUT2D eigenvalue weighted by Crippen LogP contribution is 2.08. The molecule has 0 aromatic rings. The molecule has 0 spiro atoms. The molecule has 1 saturated carbocycles. The van der Waals surface area contributed by atoms with Crippen molar-refractivity contribution in [3.63, 3.8) is 0 Å². The molecule has 0 saturated heterocycles. The highest BCUT2D eigenvalue weighted by Gasteiger charge is 2.13. The summed E-state index contributed by atoms with van der Waals surface area (Å²) in [5.41, 5.74) is 0.